The van der Waals surface area contributed by atoms with Crippen molar-refractivity contribution in [1.29, 1.82) is 0 Å². The van der Waals surface area contributed by atoms with Crippen molar-refractivity contribution in [1.82, 2.24) is 0 Å². The lowest BCUT2D eigenvalue weighted by atomic mass is 9.99. The van der Waals surface area contributed by atoms with Gasteiger partial charge in [-0.15, -0.1) is 0 Å². The molecular formula is C40H78O12S. The van der Waals surface area contributed by atoms with Crippen LogP contribution in [0.25, 0.3) is 0 Å². The van der Waals surface area contributed by atoms with E-state index < -0.39 is 59.8 Å². The van der Waals surface area contributed by atoms with Crippen molar-refractivity contribution in [3.63, 3.8) is 0 Å². The van der Waals surface area contributed by atoms with Crippen molar-refractivity contribution in [3.05, 3.63) is 0 Å². The summed E-state index contributed by atoms with van der Waals surface area (Å²) in [5.74, 6) is -0.413. The van der Waals surface area contributed by atoms with Crippen LogP contribution in [-0.4, -0.2) is 97.5 Å². The summed E-state index contributed by atoms with van der Waals surface area (Å²) in [6.07, 6.45) is 23.7. The zero-order valence-corrected chi connectivity index (χ0v) is 34.2. The van der Waals surface area contributed by atoms with Crippen LogP contribution >= 0.6 is 0 Å². The van der Waals surface area contributed by atoms with Crippen LogP contribution in [0, 0.1) is 0 Å². The summed E-state index contributed by atoms with van der Waals surface area (Å²) in [4.78, 5) is 12.5. The van der Waals surface area contributed by atoms with Crippen LogP contribution in [0.5, 0.6) is 0 Å². The number of hydrogen-bond donors (Lipinski definition) is 4. The van der Waals surface area contributed by atoms with Gasteiger partial charge in [0.1, 0.15) is 30.5 Å². The van der Waals surface area contributed by atoms with Gasteiger partial charge in [0.2, 0.25) is 0 Å². The van der Waals surface area contributed by atoms with E-state index in [4.69, 9.17) is 23.5 Å². The van der Waals surface area contributed by atoms with Gasteiger partial charge in [0.05, 0.1) is 19.8 Å². The first-order chi connectivity index (χ1) is 25.6. The fraction of sp³-hybridized carbons (Fsp3) is 0.975. The molecule has 0 aromatic heterocycles. The smallest absolute Gasteiger partial charge is 0.397 e. The average molecular weight is 783 g/mol. The third kappa shape index (κ3) is 27.4. The second kappa shape index (κ2) is 33.3. The summed E-state index contributed by atoms with van der Waals surface area (Å²) in [6.45, 7) is 3.87. The van der Waals surface area contributed by atoms with Crippen molar-refractivity contribution >= 4 is 16.4 Å². The Morgan fingerprint density at radius 1 is 0.642 bits per heavy atom. The van der Waals surface area contributed by atoms with E-state index in [2.05, 4.69) is 18.0 Å². The van der Waals surface area contributed by atoms with E-state index in [-0.39, 0.29) is 19.6 Å². The van der Waals surface area contributed by atoms with Gasteiger partial charge in [-0.05, 0) is 12.8 Å². The molecule has 0 spiro atoms. The Bertz CT molecular complexity index is 952. The maximum atomic E-state index is 12.5. The van der Waals surface area contributed by atoms with E-state index in [0.29, 0.717) is 13.0 Å². The van der Waals surface area contributed by atoms with E-state index in [1.54, 1.807) is 0 Å². The number of hydrogen-bond acceptors (Lipinski definition) is 11. The Balaban J connectivity index is 2.22. The number of esters is 1. The summed E-state index contributed by atoms with van der Waals surface area (Å²) in [5, 5.41) is 30.4. The first kappa shape index (κ1) is 50.1. The standard InChI is InChI=1S/C40H78O12S/c1-3-5-7-9-10-11-12-13-14-15-16-17-18-19-20-21-22-23-24-25-26-28-30-48-32-34(50-36(42)29-27-8-6-4-2)33-49-40-38(44)39(52-53(45,46)47)37(43)35(31-41)51-40/h34-35,37-41,43-44H,3-33H2,1-2H3,(H,45,46,47). The first-order valence-electron chi connectivity index (χ1n) is 21.3. The molecule has 6 unspecified atom stereocenters. The van der Waals surface area contributed by atoms with Crippen LogP contribution in [-0.2, 0) is 38.3 Å². The largest absolute Gasteiger partial charge is 0.457 e. The van der Waals surface area contributed by atoms with Gasteiger partial charge in [-0.1, -0.05) is 168 Å². The lowest BCUT2D eigenvalue weighted by molar-refractivity contribution is -0.301. The normalized spacial score (nSPS) is 21.2. The summed E-state index contributed by atoms with van der Waals surface area (Å²) >= 11 is 0. The van der Waals surface area contributed by atoms with E-state index in [1.165, 1.54) is 122 Å². The molecule has 0 radical (unpaired) electrons. The molecule has 13 heteroatoms. The topological polar surface area (TPSA) is 178 Å². The fourth-order valence-electron chi connectivity index (χ4n) is 6.73. The summed E-state index contributed by atoms with van der Waals surface area (Å²) in [6, 6.07) is 0. The van der Waals surface area contributed by atoms with Crippen LogP contribution in [0.1, 0.15) is 187 Å². The molecule has 1 saturated heterocycles. The fourth-order valence-corrected chi connectivity index (χ4v) is 7.24. The summed E-state index contributed by atoms with van der Waals surface area (Å²) in [7, 11) is -5.05. The Kier molecular flexibility index (Phi) is 31.5. The molecule has 1 rings (SSSR count). The highest BCUT2D eigenvalue weighted by molar-refractivity contribution is 7.80. The van der Waals surface area contributed by atoms with Gasteiger partial charge in [0.25, 0.3) is 0 Å². The quantitative estimate of drug-likeness (QED) is 0.0271. The van der Waals surface area contributed by atoms with Gasteiger partial charge < -0.3 is 34.3 Å². The highest BCUT2D eigenvalue weighted by atomic mass is 32.3. The monoisotopic (exact) mass is 783 g/mol. The molecule has 0 aromatic rings. The van der Waals surface area contributed by atoms with Crippen LogP contribution < -0.4 is 0 Å². The first-order valence-corrected chi connectivity index (χ1v) is 22.7. The SMILES string of the molecule is CCCCCCCCCCCCCCCCCCCCCCCCOCC(COC1OC(CO)C(O)C(OS(=O)(=O)O)C1O)OC(=O)CCCCCC. The average Bonchev–Trinajstić information content (AvgIpc) is 3.12. The lowest BCUT2D eigenvalue weighted by Crippen LogP contribution is -2.60. The molecule has 1 aliphatic rings. The molecule has 0 bridgehead atoms. The molecule has 53 heavy (non-hydrogen) atoms. The third-order valence-corrected chi connectivity index (χ3v) is 10.4. The second-order valence-electron chi connectivity index (χ2n) is 15.0. The van der Waals surface area contributed by atoms with Crippen LogP contribution in [0.2, 0.25) is 0 Å². The van der Waals surface area contributed by atoms with E-state index in [9.17, 15) is 28.5 Å². The zero-order chi connectivity index (χ0) is 39.0. The number of ether oxygens (including phenoxy) is 4. The Labute approximate surface area is 322 Å². The van der Waals surface area contributed by atoms with Gasteiger partial charge >= 0.3 is 16.4 Å². The Morgan fingerprint density at radius 2 is 1.08 bits per heavy atom. The van der Waals surface area contributed by atoms with Crippen molar-refractivity contribution in [2.45, 2.75) is 224 Å². The van der Waals surface area contributed by atoms with Gasteiger partial charge in [-0.25, -0.2) is 4.18 Å². The second-order valence-corrected chi connectivity index (χ2v) is 16.0. The number of carbonyl (C=O) groups is 1. The van der Waals surface area contributed by atoms with Crippen molar-refractivity contribution < 1.29 is 56.2 Å². The van der Waals surface area contributed by atoms with Crippen molar-refractivity contribution in [3.8, 4) is 0 Å². The minimum absolute atomic E-state index is 0.0414. The lowest BCUT2D eigenvalue weighted by Gasteiger charge is -2.41. The number of aliphatic hydroxyl groups excluding tert-OH is 3. The molecule has 1 heterocycles. The summed E-state index contributed by atoms with van der Waals surface area (Å²) in [5.41, 5.74) is 0. The van der Waals surface area contributed by atoms with Crippen molar-refractivity contribution in [2.24, 2.45) is 0 Å². The molecule has 12 nitrogen and oxygen atoms in total. The molecule has 1 fully saturated rings. The van der Waals surface area contributed by atoms with Gasteiger partial charge in [-0.2, -0.15) is 8.42 Å². The number of rotatable bonds is 37. The minimum Gasteiger partial charge on any atom is -0.457 e. The zero-order valence-electron chi connectivity index (χ0n) is 33.3. The van der Waals surface area contributed by atoms with Gasteiger partial charge in [0.15, 0.2) is 6.29 Å². The summed E-state index contributed by atoms with van der Waals surface area (Å²) < 4.78 is 58.5. The van der Waals surface area contributed by atoms with Gasteiger partial charge in [-0.3, -0.25) is 9.35 Å². The molecule has 1 aliphatic heterocycles. The van der Waals surface area contributed by atoms with Crippen LogP contribution in [0.3, 0.4) is 0 Å². The van der Waals surface area contributed by atoms with E-state index in [1.807, 2.05) is 0 Å². The third-order valence-electron chi connectivity index (χ3n) is 9.98. The molecular weight excluding hydrogens is 704 g/mol. The van der Waals surface area contributed by atoms with Crippen LogP contribution in [0.4, 0.5) is 0 Å². The molecule has 0 saturated carbocycles. The number of aliphatic hydroxyl groups is 3. The van der Waals surface area contributed by atoms with E-state index in [0.717, 1.165) is 38.5 Å². The molecule has 0 amide bonds. The predicted octanol–water partition coefficient (Wildman–Crippen LogP) is 8.13. The molecule has 0 aromatic carbocycles. The minimum atomic E-state index is -5.05. The number of carbonyl (C=O) groups excluding carboxylic acids is 1. The maximum Gasteiger partial charge on any atom is 0.397 e. The molecule has 4 N–H and O–H groups in total. The maximum absolute atomic E-state index is 12.5. The van der Waals surface area contributed by atoms with Crippen LogP contribution in [0.15, 0.2) is 0 Å². The molecule has 316 valence electrons. The Morgan fingerprint density at radius 3 is 1.51 bits per heavy atom. The highest BCUT2D eigenvalue weighted by Gasteiger charge is 2.48. The highest BCUT2D eigenvalue weighted by Crippen LogP contribution is 2.26. The molecule has 0 aliphatic carbocycles. The van der Waals surface area contributed by atoms with E-state index >= 15 is 0 Å². The predicted molar refractivity (Wildman–Crippen MR) is 207 cm³/mol. The molecule has 6 atom stereocenters. The Hall–Kier alpha value is -0.900. The van der Waals surface area contributed by atoms with Gasteiger partial charge in [0, 0.05) is 13.0 Å². The number of unbranched alkanes of at least 4 members (excludes halogenated alkanes) is 24. The van der Waals surface area contributed by atoms with Crippen molar-refractivity contribution in [2.75, 3.05) is 26.4 Å².